The summed E-state index contributed by atoms with van der Waals surface area (Å²) in [5.41, 5.74) is 5.87. The highest BCUT2D eigenvalue weighted by Crippen LogP contribution is 2.22. The third-order valence-corrected chi connectivity index (χ3v) is 3.60. The summed E-state index contributed by atoms with van der Waals surface area (Å²) in [5, 5.41) is 8.68. The van der Waals surface area contributed by atoms with Gasteiger partial charge in [0, 0.05) is 19.5 Å². The summed E-state index contributed by atoms with van der Waals surface area (Å²) in [6.45, 7) is 5.29. The van der Waals surface area contributed by atoms with Crippen LogP contribution in [0.1, 0.15) is 39.5 Å². The van der Waals surface area contributed by atoms with E-state index >= 15 is 0 Å². The van der Waals surface area contributed by atoms with Crippen LogP contribution < -0.4 is 5.73 Å². The Morgan fingerprint density at radius 1 is 1.44 bits per heavy atom. The van der Waals surface area contributed by atoms with Crippen molar-refractivity contribution in [1.29, 1.82) is 0 Å². The molecule has 1 fully saturated rings. The van der Waals surface area contributed by atoms with Crippen molar-refractivity contribution in [2.24, 2.45) is 17.6 Å². The average molecular weight is 256 g/mol. The summed E-state index contributed by atoms with van der Waals surface area (Å²) in [5.74, 6) is -0.322. The van der Waals surface area contributed by atoms with Crippen LogP contribution in [0.4, 0.5) is 0 Å². The van der Waals surface area contributed by atoms with Crippen LogP contribution in [0.15, 0.2) is 0 Å². The van der Waals surface area contributed by atoms with Gasteiger partial charge in [-0.1, -0.05) is 13.8 Å². The predicted octanol–water partition coefficient (Wildman–Crippen LogP) is 1.07. The first kappa shape index (κ1) is 15.0. The summed E-state index contributed by atoms with van der Waals surface area (Å²) in [6.07, 6.45) is 2.79. The zero-order chi connectivity index (χ0) is 13.7. The zero-order valence-corrected chi connectivity index (χ0v) is 11.3. The fraction of sp³-hybridized carbons (Fsp3) is 0.846. The first-order chi connectivity index (χ1) is 8.41. The fourth-order valence-corrected chi connectivity index (χ4v) is 2.32. The highest BCUT2D eigenvalue weighted by Gasteiger charge is 2.28. The smallest absolute Gasteiger partial charge is 0.303 e. The first-order valence-corrected chi connectivity index (χ1v) is 6.68. The van der Waals surface area contributed by atoms with E-state index < -0.39 is 12.0 Å². The number of rotatable bonds is 5. The largest absolute Gasteiger partial charge is 0.481 e. The Bertz CT molecular complexity index is 305. The zero-order valence-electron chi connectivity index (χ0n) is 11.3. The van der Waals surface area contributed by atoms with Gasteiger partial charge in [-0.15, -0.1) is 0 Å². The van der Waals surface area contributed by atoms with Gasteiger partial charge < -0.3 is 15.7 Å². The minimum atomic E-state index is -0.766. The molecule has 0 aromatic heterocycles. The second-order valence-electron chi connectivity index (χ2n) is 5.49. The number of carboxylic acids is 1. The van der Waals surface area contributed by atoms with Crippen LogP contribution in [0.2, 0.25) is 0 Å². The third-order valence-electron chi connectivity index (χ3n) is 3.60. The van der Waals surface area contributed by atoms with Crippen molar-refractivity contribution < 1.29 is 14.7 Å². The average Bonchev–Trinajstić information content (AvgIpc) is 2.34. The molecule has 1 aliphatic rings. The molecule has 5 heteroatoms. The van der Waals surface area contributed by atoms with Crippen LogP contribution in [-0.4, -0.2) is 41.0 Å². The predicted molar refractivity (Wildman–Crippen MR) is 69.0 cm³/mol. The molecule has 1 aliphatic heterocycles. The molecule has 5 nitrogen and oxygen atoms in total. The molecule has 1 heterocycles. The van der Waals surface area contributed by atoms with Crippen LogP contribution in [0, 0.1) is 11.8 Å². The molecule has 0 aromatic rings. The number of aliphatic carboxylic acids is 1. The van der Waals surface area contributed by atoms with E-state index in [0.29, 0.717) is 18.9 Å². The van der Waals surface area contributed by atoms with Crippen molar-refractivity contribution in [2.45, 2.75) is 45.6 Å². The fourth-order valence-electron chi connectivity index (χ4n) is 2.32. The van der Waals surface area contributed by atoms with Gasteiger partial charge in [-0.25, -0.2) is 0 Å². The minimum Gasteiger partial charge on any atom is -0.481 e. The highest BCUT2D eigenvalue weighted by molar-refractivity contribution is 5.82. The first-order valence-electron chi connectivity index (χ1n) is 6.68. The number of hydrogen-bond acceptors (Lipinski definition) is 3. The lowest BCUT2D eigenvalue weighted by atomic mass is 9.92. The number of nitrogens with zero attached hydrogens (tertiary/aromatic N) is 1. The number of hydrogen-bond donors (Lipinski definition) is 2. The summed E-state index contributed by atoms with van der Waals surface area (Å²) >= 11 is 0. The molecule has 0 aromatic carbocycles. The molecule has 18 heavy (non-hydrogen) atoms. The van der Waals surface area contributed by atoms with E-state index in [4.69, 9.17) is 10.8 Å². The Hall–Kier alpha value is -1.10. The molecule has 1 amide bonds. The second kappa shape index (κ2) is 6.73. The molecule has 1 saturated heterocycles. The minimum absolute atomic E-state index is 0.00465. The monoisotopic (exact) mass is 256 g/mol. The summed E-state index contributed by atoms with van der Waals surface area (Å²) in [6, 6.07) is -0.441. The number of carbonyl (C=O) groups excluding carboxylic acids is 1. The topological polar surface area (TPSA) is 83.6 Å². The third kappa shape index (κ3) is 4.29. The Kier molecular flexibility index (Phi) is 5.59. The van der Waals surface area contributed by atoms with E-state index in [9.17, 15) is 9.59 Å². The quantitative estimate of drug-likeness (QED) is 0.770. The summed E-state index contributed by atoms with van der Waals surface area (Å²) in [4.78, 5) is 24.5. The molecule has 3 N–H and O–H groups in total. The van der Waals surface area contributed by atoms with Crippen LogP contribution >= 0.6 is 0 Å². The van der Waals surface area contributed by atoms with Gasteiger partial charge in [-0.2, -0.15) is 0 Å². The molecular weight excluding hydrogens is 232 g/mol. The van der Waals surface area contributed by atoms with E-state index in [1.165, 1.54) is 0 Å². The Morgan fingerprint density at radius 3 is 2.67 bits per heavy atom. The standard InChI is InChI=1S/C13H24N2O3/c1-9(2)12(14)13(18)15-7-3-4-10(8-15)5-6-11(16)17/h9-10,12H,3-8,14H2,1-2H3,(H,16,17)/t10?,12-/m0/s1. The maximum atomic E-state index is 12.1. The van der Waals surface area contributed by atoms with E-state index in [-0.39, 0.29) is 18.2 Å². The van der Waals surface area contributed by atoms with Crippen molar-refractivity contribution in [3.8, 4) is 0 Å². The maximum Gasteiger partial charge on any atom is 0.303 e. The molecule has 0 spiro atoms. The molecule has 2 atom stereocenters. The van der Waals surface area contributed by atoms with E-state index in [1.807, 2.05) is 13.8 Å². The Morgan fingerprint density at radius 2 is 2.11 bits per heavy atom. The molecule has 1 unspecified atom stereocenters. The van der Waals surface area contributed by atoms with Crippen LogP contribution in [0.25, 0.3) is 0 Å². The van der Waals surface area contributed by atoms with Crippen LogP contribution in [0.5, 0.6) is 0 Å². The summed E-state index contributed by atoms with van der Waals surface area (Å²) < 4.78 is 0. The highest BCUT2D eigenvalue weighted by atomic mass is 16.4. The van der Waals surface area contributed by atoms with Crippen molar-refractivity contribution in [3.05, 3.63) is 0 Å². The molecule has 0 aliphatic carbocycles. The number of nitrogens with two attached hydrogens (primary N) is 1. The van der Waals surface area contributed by atoms with Crippen molar-refractivity contribution >= 4 is 11.9 Å². The second-order valence-corrected chi connectivity index (χ2v) is 5.49. The molecule has 0 bridgehead atoms. The lowest BCUT2D eigenvalue weighted by molar-refractivity contribution is -0.137. The maximum absolute atomic E-state index is 12.1. The number of amides is 1. The molecule has 104 valence electrons. The van der Waals surface area contributed by atoms with Crippen LogP contribution in [-0.2, 0) is 9.59 Å². The molecule has 0 radical (unpaired) electrons. The van der Waals surface area contributed by atoms with Crippen LogP contribution in [0.3, 0.4) is 0 Å². The van der Waals surface area contributed by atoms with E-state index in [2.05, 4.69) is 0 Å². The Labute approximate surface area is 108 Å². The van der Waals surface area contributed by atoms with Gasteiger partial charge in [0.2, 0.25) is 5.91 Å². The van der Waals surface area contributed by atoms with Crippen molar-refractivity contribution in [1.82, 2.24) is 4.90 Å². The van der Waals surface area contributed by atoms with E-state index in [0.717, 1.165) is 19.4 Å². The van der Waals surface area contributed by atoms with Crippen molar-refractivity contribution in [3.63, 3.8) is 0 Å². The number of piperidine rings is 1. The lowest BCUT2D eigenvalue weighted by Gasteiger charge is -2.34. The van der Waals surface area contributed by atoms with Crippen molar-refractivity contribution in [2.75, 3.05) is 13.1 Å². The van der Waals surface area contributed by atoms with Gasteiger partial charge >= 0.3 is 5.97 Å². The number of carbonyl (C=O) groups is 2. The molecule has 1 rings (SSSR count). The molecular formula is C13H24N2O3. The molecule has 0 saturated carbocycles. The summed E-state index contributed by atoms with van der Waals surface area (Å²) in [7, 11) is 0. The van der Waals surface area contributed by atoms with Gasteiger partial charge in [0.25, 0.3) is 0 Å². The van der Waals surface area contributed by atoms with E-state index in [1.54, 1.807) is 4.90 Å². The number of carboxylic acid groups (broad SMARTS) is 1. The van der Waals surface area contributed by atoms with Gasteiger partial charge in [0.15, 0.2) is 0 Å². The van der Waals surface area contributed by atoms with Gasteiger partial charge in [0.1, 0.15) is 0 Å². The van der Waals surface area contributed by atoms with Gasteiger partial charge in [-0.05, 0) is 31.1 Å². The van der Waals surface area contributed by atoms with Gasteiger partial charge in [-0.3, -0.25) is 9.59 Å². The SMILES string of the molecule is CC(C)[C@H](N)C(=O)N1CCCC(CCC(=O)O)C1. The van der Waals surface area contributed by atoms with Gasteiger partial charge in [0.05, 0.1) is 6.04 Å². The number of likely N-dealkylation sites (tertiary alicyclic amines) is 1. The Balaban J connectivity index is 2.47. The lowest BCUT2D eigenvalue weighted by Crippen LogP contribution is -2.50. The normalized spacial score (nSPS) is 22.0.